The standard InChI is InChI=1S/C7H8N4O2S.ClH/c8-2-7(4-1-14-3-9-4)5(12)10-6(13)11-7;/h1,3H,2,8H2,(H2,10,11,12,13);1H. The third-order valence-corrected chi connectivity index (χ3v) is 2.70. The minimum atomic E-state index is -1.18. The third-order valence-electron chi connectivity index (χ3n) is 2.12. The number of amides is 3. The van der Waals surface area contributed by atoms with Crippen LogP contribution in [0.25, 0.3) is 0 Å². The van der Waals surface area contributed by atoms with Gasteiger partial charge in [0.1, 0.15) is 0 Å². The molecule has 0 aromatic carbocycles. The van der Waals surface area contributed by atoms with Crippen molar-refractivity contribution < 1.29 is 9.59 Å². The van der Waals surface area contributed by atoms with E-state index >= 15 is 0 Å². The number of hydrogen-bond acceptors (Lipinski definition) is 5. The Balaban J connectivity index is 0.00000112. The van der Waals surface area contributed by atoms with Crippen LogP contribution in [0.15, 0.2) is 10.9 Å². The summed E-state index contributed by atoms with van der Waals surface area (Å²) in [6.07, 6.45) is 0. The van der Waals surface area contributed by atoms with Crippen LogP contribution >= 0.6 is 23.7 Å². The fraction of sp³-hybridized carbons (Fsp3) is 0.286. The lowest BCUT2D eigenvalue weighted by Crippen LogP contribution is -2.50. The molecule has 0 bridgehead atoms. The molecule has 3 amide bonds. The largest absolute Gasteiger partial charge is 0.327 e. The smallest absolute Gasteiger partial charge is 0.322 e. The van der Waals surface area contributed by atoms with Gasteiger partial charge in [-0.1, -0.05) is 0 Å². The maximum atomic E-state index is 11.5. The predicted molar refractivity (Wildman–Crippen MR) is 56.8 cm³/mol. The van der Waals surface area contributed by atoms with Crippen LogP contribution in [0.2, 0.25) is 0 Å². The van der Waals surface area contributed by atoms with Crippen molar-refractivity contribution in [1.29, 1.82) is 0 Å². The van der Waals surface area contributed by atoms with Crippen molar-refractivity contribution in [2.45, 2.75) is 5.54 Å². The minimum absolute atomic E-state index is 0. The number of nitrogens with two attached hydrogens (primary N) is 1. The maximum Gasteiger partial charge on any atom is 0.322 e. The molecule has 1 unspecified atom stereocenters. The highest BCUT2D eigenvalue weighted by Gasteiger charge is 2.48. The van der Waals surface area contributed by atoms with Gasteiger partial charge in [-0.05, 0) is 0 Å². The van der Waals surface area contributed by atoms with Crippen LogP contribution in [0.1, 0.15) is 5.69 Å². The number of rotatable bonds is 2. The van der Waals surface area contributed by atoms with Crippen LogP contribution < -0.4 is 16.4 Å². The zero-order valence-electron chi connectivity index (χ0n) is 7.52. The SMILES string of the molecule is Cl.NCC1(c2cscn2)NC(=O)NC1=O. The Morgan fingerprint density at radius 3 is 2.67 bits per heavy atom. The number of aromatic nitrogens is 1. The number of nitrogens with zero attached hydrogens (tertiary/aromatic N) is 1. The van der Waals surface area contributed by atoms with Crippen molar-refractivity contribution >= 4 is 35.7 Å². The van der Waals surface area contributed by atoms with Gasteiger partial charge in [0, 0.05) is 11.9 Å². The average molecular weight is 249 g/mol. The van der Waals surface area contributed by atoms with E-state index in [1.807, 2.05) is 0 Å². The molecule has 0 spiro atoms. The summed E-state index contributed by atoms with van der Waals surface area (Å²) < 4.78 is 0. The topological polar surface area (TPSA) is 97.1 Å². The van der Waals surface area contributed by atoms with Crippen LogP contribution in [0.3, 0.4) is 0 Å². The van der Waals surface area contributed by atoms with Crippen LogP contribution in [0.4, 0.5) is 4.79 Å². The second-order valence-electron chi connectivity index (χ2n) is 2.89. The molecule has 2 rings (SSSR count). The van der Waals surface area contributed by atoms with E-state index < -0.39 is 17.5 Å². The number of carbonyl (C=O) groups is 2. The Bertz CT molecular complexity index is 382. The Kier molecular flexibility index (Phi) is 3.28. The molecule has 15 heavy (non-hydrogen) atoms. The van der Waals surface area contributed by atoms with Gasteiger partial charge in [-0.15, -0.1) is 23.7 Å². The van der Waals surface area contributed by atoms with Gasteiger partial charge in [0.05, 0.1) is 11.2 Å². The van der Waals surface area contributed by atoms with Gasteiger partial charge in [0.2, 0.25) is 0 Å². The summed E-state index contributed by atoms with van der Waals surface area (Å²) >= 11 is 1.35. The monoisotopic (exact) mass is 248 g/mol. The van der Waals surface area contributed by atoms with E-state index in [0.717, 1.165) is 0 Å². The predicted octanol–water partition coefficient (Wildman–Crippen LogP) is -0.442. The quantitative estimate of drug-likeness (QED) is 0.618. The Hall–Kier alpha value is -1.18. The normalized spacial score (nSPS) is 24.3. The second kappa shape index (κ2) is 4.13. The molecule has 1 saturated heterocycles. The summed E-state index contributed by atoms with van der Waals surface area (Å²) in [7, 11) is 0. The van der Waals surface area contributed by atoms with Gasteiger partial charge in [-0.3, -0.25) is 10.1 Å². The van der Waals surface area contributed by atoms with Gasteiger partial charge in [0.25, 0.3) is 5.91 Å². The van der Waals surface area contributed by atoms with Crippen molar-refractivity contribution in [3.05, 3.63) is 16.6 Å². The second-order valence-corrected chi connectivity index (χ2v) is 3.61. The van der Waals surface area contributed by atoms with E-state index in [4.69, 9.17) is 5.73 Å². The highest BCUT2D eigenvalue weighted by Crippen LogP contribution is 2.23. The highest BCUT2D eigenvalue weighted by atomic mass is 35.5. The van der Waals surface area contributed by atoms with Crippen LogP contribution in [-0.2, 0) is 10.3 Å². The van der Waals surface area contributed by atoms with Crippen molar-refractivity contribution in [2.75, 3.05) is 6.54 Å². The zero-order valence-corrected chi connectivity index (χ0v) is 9.15. The van der Waals surface area contributed by atoms with Gasteiger partial charge in [-0.2, -0.15) is 0 Å². The van der Waals surface area contributed by atoms with Crippen LogP contribution in [-0.4, -0.2) is 23.5 Å². The fourth-order valence-corrected chi connectivity index (χ4v) is 1.97. The zero-order chi connectivity index (χ0) is 10.2. The molecule has 1 aromatic rings. The number of nitrogens with one attached hydrogen (secondary N) is 2. The van der Waals surface area contributed by atoms with Crippen LogP contribution in [0, 0.1) is 0 Å². The number of thiazole rings is 1. The van der Waals surface area contributed by atoms with E-state index in [0.29, 0.717) is 5.69 Å². The first-order chi connectivity index (χ1) is 6.69. The van der Waals surface area contributed by atoms with Crippen molar-refractivity contribution in [2.24, 2.45) is 5.73 Å². The third kappa shape index (κ3) is 1.69. The summed E-state index contributed by atoms with van der Waals surface area (Å²) in [6.45, 7) is -0.00565. The van der Waals surface area contributed by atoms with Gasteiger partial charge in [-0.25, -0.2) is 9.78 Å². The summed E-state index contributed by atoms with van der Waals surface area (Å²) in [5.74, 6) is -0.448. The molecular formula is C7H9ClN4O2S. The lowest BCUT2D eigenvalue weighted by Gasteiger charge is -2.21. The first-order valence-corrected chi connectivity index (χ1v) is 4.85. The molecule has 1 atom stereocenters. The van der Waals surface area contributed by atoms with Gasteiger partial charge >= 0.3 is 6.03 Å². The molecule has 1 aliphatic rings. The molecule has 1 aromatic heterocycles. The Morgan fingerprint density at radius 1 is 1.53 bits per heavy atom. The van der Waals surface area contributed by atoms with Crippen molar-refractivity contribution in [1.82, 2.24) is 15.6 Å². The lowest BCUT2D eigenvalue weighted by molar-refractivity contribution is -0.124. The molecule has 82 valence electrons. The van der Waals surface area contributed by atoms with E-state index in [2.05, 4.69) is 15.6 Å². The van der Waals surface area contributed by atoms with Crippen LogP contribution in [0.5, 0.6) is 0 Å². The molecule has 6 nitrogen and oxygen atoms in total. The highest BCUT2D eigenvalue weighted by molar-refractivity contribution is 7.07. The van der Waals surface area contributed by atoms with E-state index in [1.165, 1.54) is 11.3 Å². The number of imide groups is 1. The Labute approximate surface area is 95.7 Å². The number of urea groups is 1. The molecule has 0 radical (unpaired) electrons. The first-order valence-electron chi connectivity index (χ1n) is 3.91. The van der Waals surface area contributed by atoms with Gasteiger partial charge in [0.15, 0.2) is 5.54 Å². The first kappa shape index (κ1) is 11.9. The average Bonchev–Trinajstić information content (AvgIpc) is 2.73. The van der Waals surface area contributed by atoms with Gasteiger partial charge < -0.3 is 11.1 Å². The number of hydrogen-bond donors (Lipinski definition) is 3. The van der Waals surface area contributed by atoms with E-state index in [1.54, 1.807) is 10.9 Å². The molecule has 2 heterocycles. The van der Waals surface area contributed by atoms with Crippen molar-refractivity contribution in [3.63, 3.8) is 0 Å². The summed E-state index contributed by atoms with van der Waals surface area (Å²) in [4.78, 5) is 26.5. The fourth-order valence-electron chi connectivity index (χ4n) is 1.34. The Morgan fingerprint density at radius 2 is 2.27 bits per heavy atom. The molecule has 4 N–H and O–H groups in total. The summed E-state index contributed by atoms with van der Waals surface area (Å²) in [5.41, 5.74) is 6.39. The number of carbonyl (C=O) groups excluding carboxylic acids is 2. The molecule has 1 aliphatic heterocycles. The van der Waals surface area contributed by atoms with E-state index in [-0.39, 0.29) is 19.0 Å². The minimum Gasteiger partial charge on any atom is -0.327 e. The summed E-state index contributed by atoms with van der Waals surface area (Å²) in [6, 6.07) is -0.534. The molecule has 1 fully saturated rings. The molecular weight excluding hydrogens is 240 g/mol. The molecule has 8 heteroatoms. The molecule has 0 aliphatic carbocycles. The lowest BCUT2D eigenvalue weighted by atomic mass is 9.97. The summed E-state index contributed by atoms with van der Waals surface area (Å²) in [5, 5.41) is 6.32. The van der Waals surface area contributed by atoms with Crippen molar-refractivity contribution in [3.8, 4) is 0 Å². The molecule has 0 saturated carbocycles. The number of halogens is 1. The van der Waals surface area contributed by atoms with E-state index in [9.17, 15) is 9.59 Å². The maximum absolute atomic E-state index is 11.5.